The number of nitrogens with zero attached hydrogens (tertiary/aromatic N) is 1. The van der Waals surface area contributed by atoms with Crippen molar-refractivity contribution in [2.24, 2.45) is 0 Å². The van der Waals surface area contributed by atoms with E-state index in [1.54, 1.807) is 19.0 Å². The van der Waals surface area contributed by atoms with Gasteiger partial charge in [0.25, 0.3) is 0 Å². The summed E-state index contributed by atoms with van der Waals surface area (Å²) < 4.78 is 0. The molecule has 0 aromatic rings. The van der Waals surface area contributed by atoms with Gasteiger partial charge in [0, 0.05) is 0 Å². The third kappa shape index (κ3) is 5.69. The van der Waals surface area contributed by atoms with E-state index in [4.69, 9.17) is 0 Å². The molecule has 0 spiro atoms. The van der Waals surface area contributed by atoms with Crippen LogP contribution < -0.4 is 56.5 Å². The summed E-state index contributed by atoms with van der Waals surface area (Å²) in [6.45, 7) is 1.89. The summed E-state index contributed by atoms with van der Waals surface area (Å²) in [5.41, 5.74) is 0. The second-order valence-corrected chi connectivity index (χ2v) is 1.83. The van der Waals surface area contributed by atoms with Gasteiger partial charge in [-0.2, -0.15) is 0 Å². The molecule has 0 heterocycles. The summed E-state index contributed by atoms with van der Waals surface area (Å²) in [4.78, 5) is 1.67. The van der Waals surface area contributed by atoms with E-state index in [2.05, 4.69) is 0 Å². The molecule has 0 fully saturated rings. The van der Waals surface area contributed by atoms with Gasteiger partial charge >= 0.3 is 51.4 Å². The Morgan fingerprint density at radius 3 is 1.88 bits per heavy atom. The average Bonchev–Trinajstić information content (AvgIpc) is 1.65. The van der Waals surface area contributed by atoms with Crippen molar-refractivity contribution in [3.8, 4) is 0 Å². The molecule has 8 heavy (non-hydrogen) atoms. The maximum absolute atomic E-state index is 10.5. The third-order valence-corrected chi connectivity index (χ3v) is 0.925. The van der Waals surface area contributed by atoms with E-state index in [-0.39, 0.29) is 51.4 Å². The van der Waals surface area contributed by atoms with Gasteiger partial charge in [-0.1, -0.05) is 19.6 Å². The van der Waals surface area contributed by atoms with E-state index < -0.39 is 6.23 Å². The minimum Gasteiger partial charge on any atom is -0.841 e. The zero-order valence-corrected chi connectivity index (χ0v) is 9.26. The number of hydrogen-bond acceptors (Lipinski definition) is 2. The van der Waals surface area contributed by atoms with Crippen LogP contribution in [0.25, 0.3) is 0 Å². The maximum Gasteiger partial charge on any atom is 1.00 e. The van der Waals surface area contributed by atoms with Gasteiger partial charge in [0.15, 0.2) is 0 Å². The molecule has 0 rings (SSSR count). The Hall–Kier alpha value is 1.56. The molecule has 2 nitrogen and oxygen atoms in total. The van der Waals surface area contributed by atoms with E-state index >= 15 is 0 Å². The minimum absolute atomic E-state index is 0. The van der Waals surface area contributed by atoms with Crippen molar-refractivity contribution in [3.63, 3.8) is 0 Å². The van der Waals surface area contributed by atoms with Crippen molar-refractivity contribution in [1.82, 2.24) is 4.90 Å². The predicted molar refractivity (Wildman–Crippen MR) is 27.8 cm³/mol. The van der Waals surface area contributed by atoms with E-state index in [9.17, 15) is 5.11 Å². The van der Waals surface area contributed by atoms with Gasteiger partial charge in [0.1, 0.15) is 0 Å². The SMILES string of the molecule is CCC([O-])N(C)C.[K+]. The Morgan fingerprint density at radius 2 is 1.88 bits per heavy atom. The maximum atomic E-state index is 10.5. The molecule has 0 amide bonds. The fraction of sp³-hybridized carbons (Fsp3) is 1.00. The van der Waals surface area contributed by atoms with Crippen LogP contribution in [-0.4, -0.2) is 25.2 Å². The molecule has 1 atom stereocenters. The summed E-state index contributed by atoms with van der Waals surface area (Å²) >= 11 is 0. The quantitative estimate of drug-likeness (QED) is 0.297. The number of hydrogen-bond donors (Lipinski definition) is 0. The summed E-state index contributed by atoms with van der Waals surface area (Å²) in [5.74, 6) is 0. The summed E-state index contributed by atoms with van der Waals surface area (Å²) in [6.07, 6.45) is 0.174. The predicted octanol–water partition coefficient (Wildman–Crippen LogP) is -3.35. The Bertz CT molecular complexity index is 49.7. The molecule has 44 valence electrons. The van der Waals surface area contributed by atoms with Crippen molar-refractivity contribution in [2.75, 3.05) is 14.1 Å². The summed E-state index contributed by atoms with van der Waals surface area (Å²) in [6, 6.07) is 0. The second-order valence-electron chi connectivity index (χ2n) is 1.83. The molecular formula is C5H12KNO. The van der Waals surface area contributed by atoms with Gasteiger partial charge < -0.3 is 10.0 Å². The van der Waals surface area contributed by atoms with E-state index in [0.717, 1.165) is 0 Å². The molecule has 0 N–H and O–H groups in total. The minimum atomic E-state index is -0.514. The fourth-order valence-electron chi connectivity index (χ4n) is 0.365. The first-order valence-electron chi connectivity index (χ1n) is 2.50. The molecular weight excluding hydrogens is 129 g/mol. The zero-order chi connectivity index (χ0) is 5.86. The van der Waals surface area contributed by atoms with Crippen molar-refractivity contribution in [2.45, 2.75) is 19.6 Å². The monoisotopic (exact) mass is 141 g/mol. The molecule has 0 bridgehead atoms. The molecule has 0 aromatic carbocycles. The van der Waals surface area contributed by atoms with Crippen LogP contribution in [-0.2, 0) is 0 Å². The largest absolute Gasteiger partial charge is 1.00 e. The van der Waals surface area contributed by atoms with Crippen molar-refractivity contribution in [3.05, 3.63) is 0 Å². The van der Waals surface area contributed by atoms with Gasteiger partial charge in [-0.05, 0) is 14.1 Å². The van der Waals surface area contributed by atoms with Gasteiger partial charge in [0.05, 0.1) is 0 Å². The number of rotatable bonds is 2. The first-order chi connectivity index (χ1) is 3.18. The van der Waals surface area contributed by atoms with E-state index in [1.165, 1.54) is 0 Å². The average molecular weight is 141 g/mol. The molecule has 0 radical (unpaired) electrons. The first kappa shape index (κ1) is 12.3. The Kier molecular flexibility index (Phi) is 10.2. The van der Waals surface area contributed by atoms with Crippen LogP contribution in [0.1, 0.15) is 13.3 Å². The van der Waals surface area contributed by atoms with E-state index in [1.807, 2.05) is 6.92 Å². The van der Waals surface area contributed by atoms with Crippen LogP contribution >= 0.6 is 0 Å². The van der Waals surface area contributed by atoms with Gasteiger partial charge in [-0.25, -0.2) is 0 Å². The van der Waals surface area contributed by atoms with Crippen LogP contribution in [0.15, 0.2) is 0 Å². The van der Waals surface area contributed by atoms with Crippen LogP contribution in [0.2, 0.25) is 0 Å². The van der Waals surface area contributed by atoms with Crippen molar-refractivity contribution in [1.29, 1.82) is 0 Å². The molecule has 0 aliphatic rings. The topological polar surface area (TPSA) is 26.3 Å². The Morgan fingerprint density at radius 1 is 1.50 bits per heavy atom. The van der Waals surface area contributed by atoms with E-state index in [0.29, 0.717) is 6.42 Å². The van der Waals surface area contributed by atoms with Gasteiger partial charge in [0.2, 0.25) is 0 Å². The molecule has 1 unspecified atom stereocenters. The molecule has 0 aliphatic carbocycles. The van der Waals surface area contributed by atoms with Crippen LogP contribution in [0.3, 0.4) is 0 Å². The molecule has 3 heteroatoms. The second kappa shape index (κ2) is 6.67. The Balaban J connectivity index is 0. The normalized spacial score (nSPS) is 13.1. The molecule has 0 aromatic heterocycles. The zero-order valence-electron chi connectivity index (χ0n) is 6.14. The summed E-state index contributed by atoms with van der Waals surface area (Å²) in [7, 11) is 3.59. The van der Waals surface area contributed by atoms with Gasteiger partial charge in [-0.3, -0.25) is 0 Å². The van der Waals surface area contributed by atoms with Crippen LogP contribution in [0.4, 0.5) is 0 Å². The smallest absolute Gasteiger partial charge is 0.841 e. The molecule has 0 aliphatic heterocycles. The summed E-state index contributed by atoms with van der Waals surface area (Å²) in [5, 5.41) is 10.5. The third-order valence-electron chi connectivity index (χ3n) is 0.925. The van der Waals surface area contributed by atoms with Crippen LogP contribution in [0.5, 0.6) is 0 Å². The standard InChI is InChI=1S/C5H12NO.K/c1-4-5(7)6(2)3;/h5H,4H2,1-3H3;/q-1;+1. The van der Waals surface area contributed by atoms with Crippen molar-refractivity contribution >= 4 is 0 Å². The fourth-order valence-corrected chi connectivity index (χ4v) is 0.365. The van der Waals surface area contributed by atoms with Crippen LogP contribution in [0, 0.1) is 0 Å². The first-order valence-corrected chi connectivity index (χ1v) is 2.50. The van der Waals surface area contributed by atoms with Crippen molar-refractivity contribution < 1.29 is 56.5 Å². The molecule has 0 saturated carbocycles. The van der Waals surface area contributed by atoms with Gasteiger partial charge in [-0.15, -0.1) is 0 Å². The molecule has 0 saturated heterocycles. The Labute approximate surface area is 93.7 Å².